The van der Waals surface area contributed by atoms with Crippen LogP contribution in [0.2, 0.25) is 0 Å². The molecule has 5 heteroatoms. The summed E-state index contributed by atoms with van der Waals surface area (Å²) in [7, 11) is 0. The number of aromatic nitrogens is 2. The Labute approximate surface area is 110 Å². The SMILES string of the molecule is O=Cc1cc[n+](COC[n+]2ccccc2C=O)cc1. The molecule has 0 N–H and O–H groups in total. The van der Waals surface area contributed by atoms with Crippen LogP contribution in [0.5, 0.6) is 0 Å². The van der Waals surface area contributed by atoms with Crippen LogP contribution in [0.15, 0.2) is 48.9 Å². The predicted octanol–water partition coefficient (Wildman–Crippen LogP) is 0.518. The van der Waals surface area contributed by atoms with E-state index in [0.717, 1.165) is 12.6 Å². The summed E-state index contributed by atoms with van der Waals surface area (Å²) in [5.41, 5.74) is 1.18. The van der Waals surface area contributed by atoms with E-state index in [4.69, 9.17) is 4.74 Å². The molecule has 0 spiro atoms. The van der Waals surface area contributed by atoms with Gasteiger partial charge in [-0.3, -0.25) is 14.3 Å². The van der Waals surface area contributed by atoms with Gasteiger partial charge in [-0.2, -0.15) is 9.13 Å². The van der Waals surface area contributed by atoms with E-state index in [2.05, 4.69) is 0 Å². The molecular weight excluding hydrogens is 244 g/mol. The molecule has 0 aromatic carbocycles. The zero-order valence-corrected chi connectivity index (χ0v) is 10.3. The number of hydrogen-bond donors (Lipinski definition) is 0. The first-order valence-corrected chi connectivity index (χ1v) is 5.79. The maximum Gasteiger partial charge on any atom is 0.258 e. The van der Waals surface area contributed by atoms with Gasteiger partial charge in [0.05, 0.1) is 0 Å². The van der Waals surface area contributed by atoms with Crippen molar-refractivity contribution in [1.82, 2.24) is 0 Å². The molecule has 2 aromatic rings. The van der Waals surface area contributed by atoms with E-state index < -0.39 is 0 Å². The van der Waals surface area contributed by atoms with E-state index in [0.29, 0.717) is 18.0 Å². The number of pyridine rings is 2. The summed E-state index contributed by atoms with van der Waals surface area (Å²) in [5.74, 6) is 0. The lowest BCUT2D eigenvalue weighted by Crippen LogP contribution is -2.42. The van der Waals surface area contributed by atoms with Crippen LogP contribution in [0.3, 0.4) is 0 Å². The average molecular weight is 258 g/mol. The second-order valence-corrected chi connectivity index (χ2v) is 3.94. The third kappa shape index (κ3) is 3.53. The van der Waals surface area contributed by atoms with Crippen molar-refractivity contribution in [2.45, 2.75) is 13.5 Å². The van der Waals surface area contributed by atoms with E-state index >= 15 is 0 Å². The standard InChI is InChI=1S/C14H14N2O3/c17-9-13-4-7-15(8-5-13)11-19-12-16-6-2-1-3-14(16)10-18/h1-10H,11-12H2/q+2. The van der Waals surface area contributed by atoms with Crippen molar-refractivity contribution in [2.75, 3.05) is 0 Å². The smallest absolute Gasteiger partial charge is 0.258 e. The highest BCUT2D eigenvalue weighted by atomic mass is 16.5. The van der Waals surface area contributed by atoms with Gasteiger partial charge < -0.3 is 0 Å². The van der Waals surface area contributed by atoms with Crippen LogP contribution in [-0.4, -0.2) is 12.6 Å². The molecule has 0 saturated carbocycles. The number of hydrogen-bond acceptors (Lipinski definition) is 3. The fraction of sp³-hybridized carbons (Fsp3) is 0.143. The second-order valence-electron chi connectivity index (χ2n) is 3.94. The molecule has 96 valence electrons. The summed E-state index contributed by atoms with van der Waals surface area (Å²) in [6, 6.07) is 8.78. The van der Waals surface area contributed by atoms with Gasteiger partial charge in [-0.1, -0.05) is 0 Å². The molecule has 0 atom stereocenters. The van der Waals surface area contributed by atoms with E-state index in [9.17, 15) is 9.59 Å². The molecule has 0 aliphatic rings. The molecule has 0 amide bonds. The van der Waals surface area contributed by atoms with Crippen LogP contribution in [-0.2, 0) is 18.2 Å². The highest BCUT2D eigenvalue weighted by molar-refractivity contribution is 5.73. The fourth-order valence-corrected chi connectivity index (χ4v) is 1.59. The number of aldehydes is 2. The molecule has 0 saturated heterocycles. The van der Waals surface area contributed by atoms with Gasteiger partial charge in [0, 0.05) is 29.8 Å². The Morgan fingerprint density at radius 2 is 1.74 bits per heavy atom. The first-order chi connectivity index (χ1) is 9.33. The third-order valence-corrected chi connectivity index (χ3v) is 2.62. The Morgan fingerprint density at radius 1 is 0.947 bits per heavy atom. The van der Waals surface area contributed by atoms with Crippen LogP contribution >= 0.6 is 0 Å². The summed E-state index contributed by atoms with van der Waals surface area (Å²) < 4.78 is 9.02. The minimum absolute atomic E-state index is 0.289. The van der Waals surface area contributed by atoms with Gasteiger partial charge in [-0.05, 0) is 6.07 Å². The van der Waals surface area contributed by atoms with Crippen molar-refractivity contribution in [3.63, 3.8) is 0 Å². The summed E-state index contributed by atoms with van der Waals surface area (Å²) in [5, 5.41) is 0. The first-order valence-electron chi connectivity index (χ1n) is 5.79. The Balaban J connectivity index is 1.92. The molecule has 2 heterocycles. The predicted molar refractivity (Wildman–Crippen MR) is 65.1 cm³/mol. The molecule has 0 unspecified atom stereocenters. The van der Waals surface area contributed by atoms with Crippen LogP contribution in [0, 0.1) is 0 Å². The second kappa shape index (κ2) is 6.51. The third-order valence-electron chi connectivity index (χ3n) is 2.62. The van der Waals surface area contributed by atoms with Crippen LogP contribution < -0.4 is 9.13 Å². The van der Waals surface area contributed by atoms with Crippen molar-refractivity contribution in [3.05, 3.63) is 60.2 Å². The lowest BCUT2D eigenvalue weighted by atomic mass is 10.3. The molecule has 2 aromatic heterocycles. The molecule has 5 nitrogen and oxygen atoms in total. The van der Waals surface area contributed by atoms with Gasteiger partial charge in [0.15, 0.2) is 24.9 Å². The molecule has 0 radical (unpaired) electrons. The highest BCUT2D eigenvalue weighted by Gasteiger charge is 2.09. The summed E-state index contributed by atoms with van der Waals surface area (Å²) in [4.78, 5) is 21.3. The van der Waals surface area contributed by atoms with Gasteiger partial charge in [0.2, 0.25) is 12.0 Å². The highest BCUT2D eigenvalue weighted by Crippen LogP contribution is 1.90. The molecular formula is C14H14N2O3+2. The number of ether oxygens (including phenoxy) is 1. The minimum atomic E-state index is 0.289. The molecule has 2 rings (SSSR count). The number of carbonyl (C=O) groups excluding carboxylic acids is 2. The molecule has 0 bridgehead atoms. The average Bonchev–Trinajstić information content (AvgIpc) is 2.48. The van der Waals surface area contributed by atoms with Gasteiger partial charge >= 0.3 is 0 Å². The van der Waals surface area contributed by atoms with Gasteiger partial charge in [-0.25, -0.2) is 0 Å². The van der Waals surface area contributed by atoms with E-state index in [-0.39, 0.29) is 6.73 Å². The lowest BCUT2D eigenvalue weighted by Gasteiger charge is -1.99. The molecule has 0 fully saturated rings. The van der Waals surface area contributed by atoms with Crippen molar-refractivity contribution in [1.29, 1.82) is 0 Å². The zero-order valence-electron chi connectivity index (χ0n) is 10.3. The normalized spacial score (nSPS) is 10.1. The molecule has 19 heavy (non-hydrogen) atoms. The quantitative estimate of drug-likeness (QED) is 0.560. The van der Waals surface area contributed by atoms with Crippen molar-refractivity contribution in [2.24, 2.45) is 0 Å². The van der Waals surface area contributed by atoms with Crippen molar-refractivity contribution >= 4 is 12.6 Å². The lowest BCUT2D eigenvalue weighted by molar-refractivity contribution is -0.789. The van der Waals surface area contributed by atoms with E-state index in [1.807, 2.05) is 6.07 Å². The summed E-state index contributed by atoms with van der Waals surface area (Å²) in [6.45, 7) is 0.636. The maximum atomic E-state index is 10.8. The number of rotatable bonds is 6. The van der Waals surface area contributed by atoms with E-state index in [1.54, 1.807) is 52.0 Å². The van der Waals surface area contributed by atoms with Crippen LogP contribution in [0.25, 0.3) is 0 Å². The van der Waals surface area contributed by atoms with Gasteiger partial charge in [-0.15, -0.1) is 0 Å². The fourth-order valence-electron chi connectivity index (χ4n) is 1.59. The number of carbonyl (C=O) groups is 2. The first kappa shape index (κ1) is 13.0. The Hall–Kier alpha value is -2.40. The monoisotopic (exact) mass is 258 g/mol. The number of nitrogens with zero attached hydrogens (tertiary/aromatic N) is 2. The van der Waals surface area contributed by atoms with Gasteiger partial charge in [0.1, 0.15) is 0 Å². The summed E-state index contributed by atoms with van der Waals surface area (Å²) in [6.07, 6.45) is 6.89. The Morgan fingerprint density at radius 3 is 2.42 bits per heavy atom. The molecule has 0 aliphatic carbocycles. The zero-order chi connectivity index (χ0) is 13.5. The Kier molecular flexibility index (Phi) is 4.47. The van der Waals surface area contributed by atoms with Crippen molar-refractivity contribution in [3.8, 4) is 0 Å². The van der Waals surface area contributed by atoms with Crippen molar-refractivity contribution < 1.29 is 23.5 Å². The Bertz CT molecular complexity index is 567. The van der Waals surface area contributed by atoms with Crippen LogP contribution in [0.4, 0.5) is 0 Å². The topological polar surface area (TPSA) is 51.1 Å². The van der Waals surface area contributed by atoms with Crippen LogP contribution in [0.1, 0.15) is 20.8 Å². The minimum Gasteiger partial charge on any atom is -0.298 e. The largest absolute Gasteiger partial charge is 0.298 e. The van der Waals surface area contributed by atoms with E-state index in [1.165, 1.54) is 0 Å². The maximum absolute atomic E-state index is 10.8. The van der Waals surface area contributed by atoms with Gasteiger partial charge in [0.25, 0.3) is 13.5 Å². The summed E-state index contributed by atoms with van der Waals surface area (Å²) >= 11 is 0. The molecule has 0 aliphatic heterocycles.